The molecule has 4 heteroatoms. The molecule has 68 valence electrons. The van der Waals surface area contributed by atoms with Gasteiger partial charge in [0, 0.05) is 10.9 Å². The van der Waals surface area contributed by atoms with Crippen molar-refractivity contribution in [3.8, 4) is 10.6 Å². The van der Waals surface area contributed by atoms with Crippen LogP contribution in [0.4, 0.5) is 0 Å². The van der Waals surface area contributed by atoms with E-state index in [0.717, 1.165) is 10.6 Å². The Balaban J connectivity index is 2.33. The average Bonchev–Trinajstić information content (AvgIpc) is 2.75. The monoisotopic (exact) mass is 195 g/mol. The zero-order valence-electron chi connectivity index (χ0n) is 7.10. The number of nitrogens with zero attached hydrogens (tertiary/aromatic N) is 1. The molecule has 0 aromatic carbocycles. The summed E-state index contributed by atoms with van der Waals surface area (Å²) in [6.45, 7) is 1.70. The van der Waals surface area contributed by atoms with Gasteiger partial charge in [0.1, 0.15) is 11.3 Å². The van der Waals surface area contributed by atoms with Crippen LogP contribution in [0.15, 0.2) is 28.4 Å². The third-order valence-electron chi connectivity index (χ3n) is 1.72. The molecule has 0 amide bonds. The van der Waals surface area contributed by atoms with Crippen molar-refractivity contribution in [2.75, 3.05) is 0 Å². The van der Waals surface area contributed by atoms with E-state index >= 15 is 0 Å². The predicted octanol–water partition coefficient (Wildman–Crippen LogP) is 2.46. The number of furan rings is 1. The van der Waals surface area contributed by atoms with Crippen LogP contribution in [-0.2, 0) is 0 Å². The Morgan fingerprint density at radius 1 is 1.62 bits per heavy atom. The van der Waals surface area contributed by atoms with E-state index in [9.17, 15) is 5.11 Å². The molecule has 0 aliphatic rings. The number of thiazole rings is 1. The maximum absolute atomic E-state index is 9.26. The van der Waals surface area contributed by atoms with E-state index in [2.05, 4.69) is 4.98 Å². The fraction of sp³-hybridized carbons (Fsp3) is 0.222. The molecular formula is C9H9NO2S. The summed E-state index contributed by atoms with van der Waals surface area (Å²) in [6, 6.07) is 1.85. The number of aliphatic hydroxyl groups excluding tert-OH is 1. The highest BCUT2D eigenvalue weighted by atomic mass is 32.1. The fourth-order valence-electron chi connectivity index (χ4n) is 0.997. The minimum Gasteiger partial charge on any atom is -0.472 e. The van der Waals surface area contributed by atoms with Crippen molar-refractivity contribution in [3.05, 3.63) is 29.7 Å². The summed E-state index contributed by atoms with van der Waals surface area (Å²) in [5, 5.41) is 12.0. The first-order chi connectivity index (χ1) is 6.27. The van der Waals surface area contributed by atoms with Crippen LogP contribution >= 0.6 is 11.3 Å². The Morgan fingerprint density at radius 2 is 2.46 bits per heavy atom. The first-order valence-electron chi connectivity index (χ1n) is 3.93. The van der Waals surface area contributed by atoms with Gasteiger partial charge in [0.25, 0.3) is 0 Å². The van der Waals surface area contributed by atoms with E-state index < -0.39 is 6.10 Å². The maximum Gasteiger partial charge on any atom is 0.126 e. The van der Waals surface area contributed by atoms with Crippen LogP contribution in [0, 0.1) is 0 Å². The van der Waals surface area contributed by atoms with Crippen molar-refractivity contribution in [3.63, 3.8) is 0 Å². The molecule has 2 rings (SSSR count). The van der Waals surface area contributed by atoms with Crippen LogP contribution in [0.5, 0.6) is 0 Å². The molecule has 3 nitrogen and oxygen atoms in total. The van der Waals surface area contributed by atoms with E-state index in [-0.39, 0.29) is 0 Å². The molecule has 0 aliphatic carbocycles. The van der Waals surface area contributed by atoms with Gasteiger partial charge in [-0.3, -0.25) is 0 Å². The predicted molar refractivity (Wildman–Crippen MR) is 50.4 cm³/mol. The van der Waals surface area contributed by atoms with Gasteiger partial charge in [-0.25, -0.2) is 4.98 Å². The molecule has 0 bridgehead atoms. The normalized spacial score (nSPS) is 13.1. The van der Waals surface area contributed by atoms with Crippen LogP contribution < -0.4 is 0 Å². The summed E-state index contributed by atoms with van der Waals surface area (Å²) < 4.78 is 4.94. The van der Waals surface area contributed by atoms with E-state index in [1.54, 1.807) is 19.5 Å². The number of rotatable bonds is 2. The molecule has 0 saturated carbocycles. The Morgan fingerprint density at radius 3 is 3.00 bits per heavy atom. The third-order valence-corrected chi connectivity index (χ3v) is 2.63. The summed E-state index contributed by atoms with van der Waals surface area (Å²) in [5.41, 5.74) is 1.66. The van der Waals surface area contributed by atoms with E-state index in [4.69, 9.17) is 4.42 Å². The standard InChI is InChI=1S/C9H9NO2S/c1-6(11)8-5-13-9(10-8)7-2-3-12-4-7/h2-6,11H,1H3. The van der Waals surface area contributed by atoms with Crippen LogP contribution in [0.1, 0.15) is 18.7 Å². The lowest BCUT2D eigenvalue weighted by Gasteiger charge is -1.95. The number of hydrogen-bond donors (Lipinski definition) is 1. The van der Waals surface area contributed by atoms with Crippen molar-refractivity contribution in [2.45, 2.75) is 13.0 Å². The second kappa shape index (κ2) is 3.32. The zero-order chi connectivity index (χ0) is 9.26. The van der Waals surface area contributed by atoms with E-state index in [0.29, 0.717) is 5.69 Å². The molecule has 1 N–H and O–H groups in total. The SMILES string of the molecule is CC(O)c1csc(-c2ccoc2)n1. The molecule has 1 unspecified atom stereocenters. The van der Waals surface area contributed by atoms with Crippen molar-refractivity contribution >= 4 is 11.3 Å². The summed E-state index contributed by atoms with van der Waals surface area (Å²) in [7, 11) is 0. The molecule has 13 heavy (non-hydrogen) atoms. The maximum atomic E-state index is 9.26. The topological polar surface area (TPSA) is 46.3 Å². The molecule has 2 heterocycles. The van der Waals surface area contributed by atoms with Gasteiger partial charge < -0.3 is 9.52 Å². The van der Waals surface area contributed by atoms with Gasteiger partial charge >= 0.3 is 0 Å². The Labute approximate surface area is 79.7 Å². The van der Waals surface area contributed by atoms with Crippen molar-refractivity contribution < 1.29 is 9.52 Å². The molecule has 0 fully saturated rings. The summed E-state index contributed by atoms with van der Waals surface area (Å²) in [6.07, 6.45) is 2.75. The highest BCUT2D eigenvalue weighted by Gasteiger charge is 2.08. The van der Waals surface area contributed by atoms with Crippen LogP contribution in [0.3, 0.4) is 0 Å². The van der Waals surface area contributed by atoms with Gasteiger partial charge in [-0.15, -0.1) is 11.3 Å². The second-order valence-electron chi connectivity index (χ2n) is 2.77. The van der Waals surface area contributed by atoms with Crippen molar-refractivity contribution in [2.24, 2.45) is 0 Å². The Kier molecular flexibility index (Phi) is 2.16. The first-order valence-corrected chi connectivity index (χ1v) is 4.81. The summed E-state index contributed by atoms with van der Waals surface area (Å²) in [5.74, 6) is 0. The largest absolute Gasteiger partial charge is 0.472 e. The van der Waals surface area contributed by atoms with Crippen LogP contribution in [-0.4, -0.2) is 10.1 Å². The smallest absolute Gasteiger partial charge is 0.126 e. The molecule has 2 aromatic heterocycles. The number of hydrogen-bond acceptors (Lipinski definition) is 4. The molecule has 0 aliphatic heterocycles. The number of aliphatic hydroxyl groups is 1. The fourth-order valence-corrected chi connectivity index (χ4v) is 1.89. The summed E-state index contributed by atoms with van der Waals surface area (Å²) >= 11 is 1.50. The minimum atomic E-state index is -0.503. The van der Waals surface area contributed by atoms with E-state index in [1.807, 2.05) is 11.4 Å². The second-order valence-corrected chi connectivity index (χ2v) is 3.62. The Bertz CT molecular complexity index is 378. The van der Waals surface area contributed by atoms with Crippen LogP contribution in [0.2, 0.25) is 0 Å². The lowest BCUT2D eigenvalue weighted by molar-refractivity contribution is 0.195. The minimum absolute atomic E-state index is 0.503. The van der Waals surface area contributed by atoms with Crippen LogP contribution in [0.25, 0.3) is 10.6 Å². The molecular weight excluding hydrogens is 186 g/mol. The lowest BCUT2D eigenvalue weighted by atomic mass is 10.3. The molecule has 0 spiro atoms. The van der Waals surface area contributed by atoms with Gasteiger partial charge in [0.05, 0.1) is 18.1 Å². The Hall–Kier alpha value is -1.13. The molecule has 2 aromatic rings. The third kappa shape index (κ3) is 1.64. The van der Waals surface area contributed by atoms with Gasteiger partial charge in [-0.2, -0.15) is 0 Å². The molecule has 1 atom stereocenters. The van der Waals surface area contributed by atoms with Gasteiger partial charge in [0.15, 0.2) is 0 Å². The van der Waals surface area contributed by atoms with Gasteiger partial charge in [-0.1, -0.05) is 0 Å². The van der Waals surface area contributed by atoms with Crippen molar-refractivity contribution in [1.82, 2.24) is 4.98 Å². The highest BCUT2D eigenvalue weighted by molar-refractivity contribution is 7.13. The van der Waals surface area contributed by atoms with E-state index in [1.165, 1.54) is 11.3 Å². The van der Waals surface area contributed by atoms with Crippen molar-refractivity contribution in [1.29, 1.82) is 0 Å². The first kappa shape index (κ1) is 8.47. The molecule has 0 radical (unpaired) electrons. The van der Waals surface area contributed by atoms with Gasteiger partial charge in [-0.05, 0) is 13.0 Å². The highest BCUT2D eigenvalue weighted by Crippen LogP contribution is 2.26. The summed E-state index contributed by atoms with van der Waals surface area (Å²) in [4.78, 5) is 4.26. The lowest BCUT2D eigenvalue weighted by Crippen LogP contribution is -1.89. The average molecular weight is 195 g/mol. The number of aromatic nitrogens is 1. The molecule has 0 saturated heterocycles. The van der Waals surface area contributed by atoms with Gasteiger partial charge in [0.2, 0.25) is 0 Å². The quantitative estimate of drug-likeness (QED) is 0.800. The zero-order valence-corrected chi connectivity index (χ0v) is 7.91.